The van der Waals surface area contributed by atoms with E-state index < -0.39 is 0 Å². The van der Waals surface area contributed by atoms with Gasteiger partial charge in [-0.25, -0.2) is 0 Å². The van der Waals surface area contributed by atoms with Crippen molar-refractivity contribution in [3.8, 4) is 59.2 Å². The van der Waals surface area contributed by atoms with Gasteiger partial charge >= 0.3 is 0 Å². The summed E-state index contributed by atoms with van der Waals surface area (Å²) in [6.45, 7) is 4.38. The molecule has 2 N–H and O–H groups in total. The molecule has 3 aromatic carbocycles. The van der Waals surface area contributed by atoms with Crippen LogP contribution in [0.3, 0.4) is 0 Å². The van der Waals surface area contributed by atoms with Gasteiger partial charge in [-0.1, -0.05) is 24.5 Å². The van der Waals surface area contributed by atoms with E-state index in [4.69, 9.17) is 31.8 Å². The zero-order valence-corrected chi connectivity index (χ0v) is 18.5. The Morgan fingerprint density at radius 2 is 1.09 bits per heavy atom. The number of hydrogen-bond acceptors (Lipinski definition) is 6. The molecule has 0 aliphatic heterocycles. The van der Waals surface area contributed by atoms with Gasteiger partial charge in [-0.3, -0.25) is 0 Å². The zero-order valence-electron chi connectivity index (χ0n) is 18.5. The second kappa shape index (κ2) is 11.8. The number of terminal acetylenes is 2. The Morgan fingerprint density at radius 1 is 0.647 bits per heavy atom. The second-order valence-corrected chi connectivity index (χ2v) is 7.18. The van der Waals surface area contributed by atoms with Gasteiger partial charge in [0.1, 0.15) is 60.9 Å². The topological polar surface area (TPSA) is 77.4 Å². The van der Waals surface area contributed by atoms with Gasteiger partial charge in [0.05, 0.1) is 0 Å². The third-order valence-corrected chi connectivity index (χ3v) is 4.50. The van der Waals surface area contributed by atoms with E-state index in [1.54, 1.807) is 36.4 Å². The van der Waals surface area contributed by atoms with Gasteiger partial charge in [0.2, 0.25) is 0 Å². The molecule has 0 aliphatic carbocycles. The molecule has 0 aromatic heterocycles. The molecule has 6 nitrogen and oxygen atoms in total. The SMILES string of the molecule is C#CCOc1cc(O)cc(COc2cc(C=C)cc(OCc3cc(O)cc(OCC#C)c3)c2)c1. The molecule has 0 atom stereocenters. The summed E-state index contributed by atoms with van der Waals surface area (Å²) in [7, 11) is 0. The number of rotatable bonds is 11. The first kappa shape index (κ1) is 24.0. The summed E-state index contributed by atoms with van der Waals surface area (Å²) in [4.78, 5) is 0. The zero-order chi connectivity index (χ0) is 24.3. The largest absolute Gasteiger partial charge is 0.508 e. The van der Waals surface area contributed by atoms with E-state index >= 15 is 0 Å². The minimum absolute atomic E-state index is 0.0497. The fourth-order valence-electron chi connectivity index (χ4n) is 3.08. The predicted octanol–water partition coefficient (Wildman–Crippen LogP) is 4.92. The van der Waals surface area contributed by atoms with Crippen molar-refractivity contribution >= 4 is 6.08 Å². The molecule has 0 unspecified atom stereocenters. The monoisotopic (exact) mass is 456 g/mol. The normalized spacial score (nSPS) is 9.94. The molecule has 172 valence electrons. The molecule has 6 heteroatoms. The van der Waals surface area contributed by atoms with Crippen LogP contribution < -0.4 is 18.9 Å². The lowest BCUT2D eigenvalue weighted by Gasteiger charge is -2.13. The van der Waals surface area contributed by atoms with Crippen LogP contribution >= 0.6 is 0 Å². The van der Waals surface area contributed by atoms with Gasteiger partial charge in [0, 0.05) is 18.2 Å². The van der Waals surface area contributed by atoms with E-state index in [0.717, 1.165) is 5.56 Å². The highest BCUT2D eigenvalue weighted by molar-refractivity contribution is 5.54. The Balaban J connectivity index is 1.70. The van der Waals surface area contributed by atoms with E-state index in [1.807, 2.05) is 12.1 Å². The van der Waals surface area contributed by atoms with Crippen LogP contribution in [0.15, 0.2) is 61.2 Å². The van der Waals surface area contributed by atoms with Crippen molar-refractivity contribution in [2.75, 3.05) is 13.2 Å². The Bertz CT molecular complexity index is 1140. The highest BCUT2D eigenvalue weighted by Crippen LogP contribution is 2.28. The van der Waals surface area contributed by atoms with Crippen molar-refractivity contribution in [2.45, 2.75) is 13.2 Å². The first-order valence-electron chi connectivity index (χ1n) is 10.3. The van der Waals surface area contributed by atoms with Gasteiger partial charge in [-0.15, -0.1) is 12.8 Å². The lowest BCUT2D eigenvalue weighted by Crippen LogP contribution is -2.00. The van der Waals surface area contributed by atoms with E-state index in [0.29, 0.717) is 34.1 Å². The summed E-state index contributed by atoms with van der Waals surface area (Å²) in [5.74, 6) is 6.88. The average Bonchev–Trinajstić information content (AvgIpc) is 2.83. The summed E-state index contributed by atoms with van der Waals surface area (Å²) in [6.07, 6.45) is 12.1. The summed E-state index contributed by atoms with van der Waals surface area (Å²) in [6, 6.07) is 15.0. The fourth-order valence-corrected chi connectivity index (χ4v) is 3.08. The summed E-state index contributed by atoms with van der Waals surface area (Å²) < 4.78 is 22.6. The van der Waals surface area contributed by atoms with Gasteiger partial charge in [-0.05, 0) is 53.1 Å². The van der Waals surface area contributed by atoms with Crippen molar-refractivity contribution in [3.63, 3.8) is 0 Å². The summed E-state index contributed by atoms with van der Waals surface area (Å²) in [5, 5.41) is 19.8. The number of aromatic hydroxyl groups is 2. The van der Waals surface area contributed by atoms with Crippen LogP contribution in [0.2, 0.25) is 0 Å². The lowest BCUT2D eigenvalue weighted by atomic mass is 10.2. The maximum absolute atomic E-state index is 9.92. The number of ether oxygens (including phenoxy) is 4. The van der Waals surface area contributed by atoms with E-state index in [2.05, 4.69) is 18.4 Å². The van der Waals surface area contributed by atoms with Crippen LogP contribution in [0.5, 0.6) is 34.5 Å². The number of hydrogen-bond donors (Lipinski definition) is 2. The van der Waals surface area contributed by atoms with Gasteiger partial charge in [-0.2, -0.15) is 0 Å². The van der Waals surface area contributed by atoms with Crippen LogP contribution in [0, 0.1) is 24.7 Å². The molecule has 0 spiro atoms. The molecule has 0 bridgehead atoms. The van der Waals surface area contributed by atoms with Crippen molar-refractivity contribution in [2.24, 2.45) is 0 Å². The van der Waals surface area contributed by atoms with E-state index in [-0.39, 0.29) is 37.9 Å². The molecular weight excluding hydrogens is 432 g/mol. The fraction of sp³-hybridized carbons (Fsp3) is 0.143. The number of phenols is 2. The molecule has 3 aromatic rings. The van der Waals surface area contributed by atoms with Gasteiger partial charge < -0.3 is 29.2 Å². The first-order valence-corrected chi connectivity index (χ1v) is 10.3. The smallest absolute Gasteiger partial charge is 0.148 e. The van der Waals surface area contributed by atoms with Crippen LogP contribution in [0.4, 0.5) is 0 Å². The van der Waals surface area contributed by atoms with Gasteiger partial charge in [0.25, 0.3) is 0 Å². The molecule has 0 amide bonds. The van der Waals surface area contributed by atoms with Gasteiger partial charge in [0.15, 0.2) is 0 Å². The van der Waals surface area contributed by atoms with Crippen LogP contribution in [-0.4, -0.2) is 23.4 Å². The minimum Gasteiger partial charge on any atom is -0.508 e. The third-order valence-electron chi connectivity index (χ3n) is 4.50. The van der Waals surface area contributed by atoms with Crippen molar-refractivity contribution in [1.82, 2.24) is 0 Å². The molecule has 0 saturated carbocycles. The Morgan fingerprint density at radius 3 is 1.50 bits per heavy atom. The van der Waals surface area contributed by atoms with Crippen LogP contribution in [-0.2, 0) is 13.2 Å². The van der Waals surface area contributed by atoms with Crippen molar-refractivity contribution < 1.29 is 29.2 Å². The maximum Gasteiger partial charge on any atom is 0.148 e. The second-order valence-electron chi connectivity index (χ2n) is 7.18. The van der Waals surface area contributed by atoms with Crippen molar-refractivity contribution in [3.05, 3.63) is 77.9 Å². The highest BCUT2D eigenvalue weighted by atomic mass is 16.5. The molecule has 0 fully saturated rings. The highest BCUT2D eigenvalue weighted by Gasteiger charge is 2.07. The third kappa shape index (κ3) is 7.19. The van der Waals surface area contributed by atoms with E-state index in [9.17, 15) is 10.2 Å². The molecule has 3 rings (SSSR count). The molecule has 0 saturated heterocycles. The molecule has 0 aliphatic rings. The van der Waals surface area contributed by atoms with Crippen LogP contribution in [0.1, 0.15) is 16.7 Å². The molecule has 0 heterocycles. The average molecular weight is 456 g/mol. The molecule has 0 radical (unpaired) electrons. The summed E-state index contributed by atoms with van der Waals surface area (Å²) in [5.41, 5.74) is 2.21. The minimum atomic E-state index is 0.0497. The quantitative estimate of drug-likeness (QED) is 0.399. The number of phenolic OH excluding ortho intramolecular Hbond substituents is 2. The number of benzene rings is 3. The standard InChI is InChI=1S/C28H24O6/c1-4-7-31-25-13-21(9-23(29)15-25)18-33-27-11-20(6-3)12-28(17-27)34-19-22-10-24(30)16-26(14-22)32-8-5-2/h1-2,6,9-17,29-30H,3,7-8,18-19H2. The van der Waals surface area contributed by atoms with Crippen LogP contribution in [0.25, 0.3) is 6.08 Å². The Kier molecular flexibility index (Phi) is 8.32. The lowest BCUT2D eigenvalue weighted by molar-refractivity contribution is 0.287. The summed E-state index contributed by atoms with van der Waals surface area (Å²) >= 11 is 0. The van der Waals surface area contributed by atoms with Crippen molar-refractivity contribution in [1.29, 1.82) is 0 Å². The maximum atomic E-state index is 9.92. The molecule has 34 heavy (non-hydrogen) atoms. The Hall–Kier alpha value is -4.68. The Labute approximate surface area is 199 Å². The first-order chi connectivity index (χ1) is 16.5. The predicted molar refractivity (Wildman–Crippen MR) is 130 cm³/mol. The van der Waals surface area contributed by atoms with E-state index in [1.165, 1.54) is 12.1 Å². The molecular formula is C28H24O6.